The third-order valence-corrected chi connectivity index (χ3v) is 7.85. The molecule has 2 aromatic carbocycles. The second-order valence-electron chi connectivity index (χ2n) is 5.69. The van der Waals surface area contributed by atoms with Gasteiger partial charge in [-0.05, 0) is 24.3 Å². The van der Waals surface area contributed by atoms with E-state index in [2.05, 4.69) is 15.5 Å². The summed E-state index contributed by atoms with van der Waals surface area (Å²) >= 11 is 0.876. The first-order valence-electron chi connectivity index (χ1n) is 7.94. The quantitative estimate of drug-likeness (QED) is 0.599. The maximum atomic E-state index is 12.3. The fourth-order valence-electron chi connectivity index (χ4n) is 2.28. The fraction of sp³-hybridized carbons (Fsp3) is 0.118. The SMILES string of the molecule is O=C(CS(=O)(=O)c1ccccc1)Nc1nnc(CS(=O)(=O)c2ccccc2)s1. The molecule has 28 heavy (non-hydrogen) atoms. The van der Waals surface area contributed by atoms with Crippen molar-refractivity contribution < 1.29 is 21.6 Å². The van der Waals surface area contributed by atoms with E-state index in [0.29, 0.717) is 0 Å². The van der Waals surface area contributed by atoms with Gasteiger partial charge in [0, 0.05) is 0 Å². The van der Waals surface area contributed by atoms with Gasteiger partial charge >= 0.3 is 0 Å². The summed E-state index contributed by atoms with van der Waals surface area (Å²) in [6.07, 6.45) is 0. The predicted molar refractivity (Wildman–Crippen MR) is 104 cm³/mol. The summed E-state index contributed by atoms with van der Waals surface area (Å²) in [6, 6.07) is 15.5. The zero-order valence-electron chi connectivity index (χ0n) is 14.3. The Morgan fingerprint density at radius 2 is 1.36 bits per heavy atom. The number of benzene rings is 2. The van der Waals surface area contributed by atoms with E-state index in [4.69, 9.17) is 0 Å². The molecule has 1 N–H and O–H groups in total. The van der Waals surface area contributed by atoms with Crippen molar-refractivity contribution in [2.45, 2.75) is 15.5 Å². The van der Waals surface area contributed by atoms with E-state index in [9.17, 15) is 21.6 Å². The Morgan fingerprint density at radius 1 is 0.821 bits per heavy atom. The Bertz CT molecular complexity index is 1180. The molecular weight excluding hydrogens is 422 g/mol. The minimum absolute atomic E-state index is 0.0338. The fourth-order valence-corrected chi connectivity index (χ4v) is 5.80. The van der Waals surface area contributed by atoms with Crippen LogP contribution >= 0.6 is 11.3 Å². The minimum Gasteiger partial charge on any atom is -0.300 e. The van der Waals surface area contributed by atoms with Crippen molar-refractivity contribution in [1.82, 2.24) is 10.2 Å². The monoisotopic (exact) mass is 437 g/mol. The first-order valence-corrected chi connectivity index (χ1v) is 12.1. The summed E-state index contributed by atoms with van der Waals surface area (Å²) in [5.41, 5.74) is 0. The molecule has 0 atom stereocenters. The molecule has 1 heterocycles. The molecule has 3 rings (SSSR count). The molecule has 3 aromatic rings. The van der Waals surface area contributed by atoms with Crippen LogP contribution < -0.4 is 5.32 Å². The van der Waals surface area contributed by atoms with Gasteiger partial charge in [0.15, 0.2) is 19.7 Å². The molecule has 0 bridgehead atoms. The molecule has 0 aliphatic heterocycles. The third kappa shape index (κ3) is 5.00. The Labute approximate surface area is 166 Å². The number of nitrogens with zero attached hydrogens (tertiary/aromatic N) is 2. The van der Waals surface area contributed by atoms with E-state index < -0.39 is 31.3 Å². The van der Waals surface area contributed by atoms with E-state index in [-0.39, 0.29) is 25.7 Å². The predicted octanol–water partition coefficient (Wildman–Crippen LogP) is 1.92. The van der Waals surface area contributed by atoms with E-state index in [1.165, 1.54) is 24.3 Å². The van der Waals surface area contributed by atoms with Crippen molar-refractivity contribution in [3.63, 3.8) is 0 Å². The number of carbonyl (C=O) groups excluding carboxylic acids is 1. The average molecular weight is 438 g/mol. The molecule has 0 saturated carbocycles. The zero-order valence-corrected chi connectivity index (χ0v) is 16.8. The molecule has 146 valence electrons. The Morgan fingerprint density at radius 3 is 1.93 bits per heavy atom. The zero-order chi connectivity index (χ0) is 20.2. The largest absolute Gasteiger partial charge is 0.300 e. The van der Waals surface area contributed by atoms with Crippen LogP contribution in [0.15, 0.2) is 70.5 Å². The van der Waals surface area contributed by atoms with Gasteiger partial charge < -0.3 is 0 Å². The summed E-state index contributed by atoms with van der Waals surface area (Å²) in [4.78, 5) is 12.2. The first kappa shape index (κ1) is 20.1. The Balaban J connectivity index is 1.65. The number of hydrogen-bond acceptors (Lipinski definition) is 8. The standard InChI is InChI=1S/C17H15N3O5S3/c21-15(11-27(22,23)13-7-3-1-4-8-13)18-17-20-19-16(26-17)12-28(24,25)14-9-5-2-6-10-14/h1-10H,11-12H2,(H,18,20,21). The van der Waals surface area contributed by atoms with Gasteiger partial charge in [0.2, 0.25) is 11.0 Å². The minimum atomic E-state index is -3.79. The average Bonchev–Trinajstić information content (AvgIpc) is 3.08. The highest BCUT2D eigenvalue weighted by atomic mass is 32.2. The molecule has 8 nitrogen and oxygen atoms in total. The van der Waals surface area contributed by atoms with Crippen LogP contribution in [-0.2, 0) is 30.2 Å². The van der Waals surface area contributed by atoms with Gasteiger partial charge in [0.25, 0.3) is 0 Å². The molecule has 0 aliphatic rings. The number of rotatable bonds is 7. The van der Waals surface area contributed by atoms with E-state index in [1.807, 2.05) is 0 Å². The lowest BCUT2D eigenvalue weighted by molar-refractivity contribution is -0.113. The number of sulfone groups is 2. The van der Waals surface area contributed by atoms with Crippen LogP contribution in [0.3, 0.4) is 0 Å². The van der Waals surface area contributed by atoms with Gasteiger partial charge in [-0.2, -0.15) is 0 Å². The first-order chi connectivity index (χ1) is 13.3. The summed E-state index contributed by atoms with van der Waals surface area (Å²) in [7, 11) is -7.38. The molecular formula is C17H15N3O5S3. The van der Waals surface area contributed by atoms with Crippen molar-refractivity contribution in [3.05, 3.63) is 65.7 Å². The Hall–Kier alpha value is -2.63. The topological polar surface area (TPSA) is 123 Å². The van der Waals surface area contributed by atoms with Crippen molar-refractivity contribution in [3.8, 4) is 0 Å². The maximum absolute atomic E-state index is 12.3. The smallest absolute Gasteiger partial charge is 0.241 e. The van der Waals surface area contributed by atoms with Gasteiger partial charge in [-0.25, -0.2) is 16.8 Å². The van der Waals surface area contributed by atoms with Crippen LogP contribution in [0.4, 0.5) is 5.13 Å². The molecule has 1 amide bonds. The van der Waals surface area contributed by atoms with Crippen LogP contribution in [0.2, 0.25) is 0 Å². The molecule has 0 saturated heterocycles. The van der Waals surface area contributed by atoms with Crippen LogP contribution in [0.25, 0.3) is 0 Å². The highest BCUT2D eigenvalue weighted by Crippen LogP contribution is 2.21. The summed E-state index contributed by atoms with van der Waals surface area (Å²) in [5, 5.41) is 10.0. The normalized spacial score (nSPS) is 11.9. The van der Waals surface area contributed by atoms with E-state index >= 15 is 0 Å². The van der Waals surface area contributed by atoms with Crippen molar-refractivity contribution in [2.75, 3.05) is 11.1 Å². The lowest BCUT2D eigenvalue weighted by Gasteiger charge is -2.03. The number of anilines is 1. The van der Waals surface area contributed by atoms with Gasteiger partial charge in [0.05, 0.1) is 9.79 Å². The van der Waals surface area contributed by atoms with Crippen LogP contribution in [0.1, 0.15) is 5.01 Å². The molecule has 1 aromatic heterocycles. The molecule has 0 fully saturated rings. The van der Waals surface area contributed by atoms with Crippen molar-refractivity contribution >= 4 is 42.1 Å². The van der Waals surface area contributed by atoms with E-state index in [1.54, 1.807) is 36.4 Å². The summed E-state index contributed by atoms with van der Waals surface area (Å²) in [5.74, 6) is -1.90. The van der Waals surface area contributed by atoms with Gasteiger partial charge in [-0.15, -0.1) is 10.2 Å². The van der Waals surface area contributed by atoms with E-state index in [0.717, 1.165) is 11.3 Å². The van der Waals surface area contributed by atoms with Crippen molar-refractivity contribution in [1.29, 1.82) is 0 Å². The van der Waals surface area contributed by atoms with Gasteiger partial charge in [0.1, 0.15) is 16.5 Å². The number of amides is 1. The number of nitrogens with one attached hydrogen (secondary N) is 1. The highest BCUT2D eigenvalue weighted by molar-refractivity contribution is 7.92. The van der Waals surface area contributed by atoms with Crippen molar-refractivity contribution in [2.24, 2.45) is 0 Å². The molecule has 0 radical (unpaired) electrons. The lowest BCUT2D eigenvalue weighted by Crippen LogP contribution is -2.22. The number of aromatic nitrogens is 2. The highest BCUT2D eigenvalue weighted by Gasteiger charge is 2.21. The molecule has 11 heteroatoms. The summed E-state index contributed by atoms with van der Waals surface area (Å²) in [6.45, 7) is 0. The maximum Gasteiger partial charge on any atom is 0.241 e. The number of hydrogen-bond donors (Lipinski definition) is 1. The van der Waals surface area contributed by atoms with Gasteiger partial charge in [-0.3, -0.25) is 10.1 Å². The van der Waals surface area contributed by atoms with Crippen LogP contribution in [-0.4, -0.2) is 38.7 Å². The molecule has 0 unspecified atom stereocenters. The lowest BCUT2D eigenvalue weighted by atomic mass is 10.4. The Kier molecular flexibility index (Phi) is 5.87. The van der Waals surface area contributed by atoms with Crippen LogP contribution in [0, 0.1) is 0 Å². The second-order valence-corrected chi connectivity index (χ2v) is 10.7. The molecule has 0 aliphatic carbocycles. The number of carbonyl (C=O) groups is 1. The van der Waals surface area contributed by atoms with Gasteiger partial charge in [-0.1, -0.05) is 47.7 Å². The van der Waals surface area contributed by atoms with Crippen LogP contribution in [0.5, 0.6) is 0 Å². The second kappa shape index (κ2) is 8.17. The molecule has 0 spiro atoms. The summed E-state index contributed by atoms with van der Waals surface area (Å²) < 4.78 is 49.1. The third-order valence-electron chi connectivity index (χ3n) is 3.55.